The second-order valence-electron chi connectivity index (χ2n) is 11.4. The molecule has 0 atom stereocenters. The van der Waals surface area contributed by atoms with Gasteiger partial charge in [-0.3, -0.25) is 14.5 Å². The zero-order valence-corrected chi connectivity index (χ0v) is 27.0. The van der Waals surface area contributed by atoms with Gasteiger partial charge in [0.25, 0.3) is 5.91 Å². The summed E-state index contributed by atoms with van der Waals surface area (Å²) in [6.07, 6.45) is 1.57. The fraction of sp³-hybridized carbons (Fsp3) is 0.412. The van der Waals surface area contributed by atoms with Crippen molar-refractivity contribution in [3.05, 3.63) is 89.5 Å². The van der Waals surface area contributed by atoms with Gasteiger partial charge in [-0.1, -0.05) is 48.5 Å². The van der Waals surface area contributed by atoms with E-state index in [0.29, 0.717) is 31.8 Å². The van der Waals surface area contributed by atoms with Crippen molar-refractivity contribution in [2.45, 2.75) is 57.5 Å². The highest BCUT2D eigenvalue weighted by Gasteiger charge is 2.26. The first kappa shape index (κ1) is 33.2. The van der Waals surface area contributed by atoms with Crippen LogP contribution in [0.2, 0.25) is 0 Å². The molecule has 3 aromatic carbocycles. The lowest BCUT2D eigenvalue weighted by Crippen LogP contribution is -2.41. The van der Waals surface area contributed by atoms with E-state index in [1.54, 1.807) is 24.3 Å². The van der Waals surface area contributed by atoms with Gasteiger partial charge in [0.15, 0.2) is 6.61 Å². The van der Waals surface area contributed by atoms with Gasteiger partial charge in [-0.2, -0.15) is 0 Å². The second-order valence-corrected chi connectivity index (χ2v) is 13.3. The number of sulfonamides is 1. The molecule has 0 radical (unpaired) electrons. The molecular weight excluding hydrogens is 576 g/mol. The first-order chi connectivity index (χ1) is 21.1. The van der Waals surface area contributed by atoms with Crippen molar-refractivity contribution in [2.24, 2.45) is 0 Å². The number of amides is 2. The molecule has 236 valence electrons. The first-order valence-corrected chi connectivity index (χ1v) is 16.7. The predicted octanol–water partition coefficient (Wildman–Crippen LogP) is 4.39. The molecule has 0 saturated carbocycles. The molecule has 1 heterocycles. The monoisotopic (exact) mass is 620 g/mol. The van der Waals surface area contributed by atoms with Crippen LogP contribution in [0.15, 0.2) is 77.7 Å². The minimum absolute atomic E-state index is 0.0117. The molecule has 9 nitrogen and oxygen atoms in total. The van der Waals surface area contributed by atoms with Gasteiger partial charge in [0.2, 0.25) is 15.9 Å². The largest absolute Gasteiger partial charge is 0.484 e. The van der Waals surface area contributed by atoms with Gasteiger partial charge in [-0.15, -0.1) is 0 Å². The van der Waals surface area contributed by atoms with Crippen LogP contribution in [0.1, 0.15) is 43.4 Å². The zero-order valence-electron chi connectivity index (χ0n) is 26.2. The van der Waals surface area contributed by atoms with Gasteiger partial charge in [0, 0.05) is 45.2 Å². The van der Waals surface area contributed by atoms with Crippen molar-refractivity contribution >= 4 is 27.5 Å². The lowest BCUT2D eigenvalue weighted by Gasteiger charge is -2.30. The number of aryl methyl sites for hydroxylation is 2. The lowest BCUT2D eigenvalue weighted by atomic mass is 10.0. The average Bonchev–Trinajstić information content (AvgIpc) is 3.06. The number of carbonyl (C=O) groups excluding carboxylic acids is 2. The number of carbonyl (C=O) groups is 2. The minimum Gasteiger partial charge on any atom is -0.484 e. The molecule has 4 rings (SSSR count). The Morgan fingerprint density at radius 3 is 2.30 bits per heavy atom. The maximum absolute atomic E-state index is 13.7. The van der Waals surface area contributed by atoms with Crippen molar-refractivity contribution in [3.8, 4) is 5.75 Å². The van der Waals surface area contributed by atoms with Gasteiger partial charge >= 0.3 is 0 Å². The van der Waals surface area contributed by atoms with E-state index in [4.69, 9.17) is 4.74 Å². The van der Waals surface area contributed by atoms with Crippen LogP contribution in [-0.2, 0) is 32.6 Å². The number of rotatable bonds is 9. The number of hydrogen-bond donors (Lipinski definition) is 1. The molecule has 44 heavy (non-hydrogen) atoms. The van der Waals surface area contributed by atoms with Crippen LogP contribution in [0.3, 0.4) is 0 Å². The summed E-state index contributed by atoms with van der Waals surface area (Å²) < 4.78 is 32.3. The minimum atomic E-state index is -3.52. The maximum Gasteiger partial charge on any atom is 0.264 e. The third kappa shape index (κ3) is 8.68. The number of nitrogens with one attached hydrogen (secondary N) is 1. The van der Waals surface area contributed by atoms with Crippen LogP contribution in [0.25, 0.3) is 0 Å². The van der Waals surface area contributed by atoms with Crippen LogP contribution in [0.5, 0.6) is 5.75 Å². The normalized spacial score (nSPS) is 15.0. The summed E-state index contributed by atoms with van der Waals surface area (Å²) in [4.78, 5) is 33.7. The number of anilines is 1. The van der Waals surface area contributed by atoms with E-state index in [-0.39, 0.29) is 35.8 Å². The Morgan fingerprint density at radius 2 is 1.61 bits per heavy atom. The van der Waals surface area contributed by atoms with Gasteiger partial charge in [0.05, 0.1) is 10.6 Å². The molecule has 10 heteroatoms. The van der Waals surface area contributed by atoms with Crippen molar-refractivity contribution in [3.63, 3.8) is 0 Å². The van der Waals surface area contributed by atoms with Crippen LogP contribution < -0.4 is 14.4 Å². The number of fused-ring (bicyclic) bond motifs is 1. The Balaban J connectivity index is 1.57. The molecule has 0 aliphatic carbocycles. The van der Waals surface area contributed by atoms with E-state index in [2.05, 4.69) is 23.5 Å². The van der Waals surface area contributed by atoms with Gasteiger partial charge in [0.1, 0.15) is 5.75 Å². The fourth-order valence-corrected chi connectivity index (χ4v) is 6.23. The number of nitrogens with zero attached hydrogens (tertiary/aromatic N) is 3. The Labute approximate surface area is 261 Å². The van der Waals surface area contributed by atoms with E-state index < -0.39 is 10.0 Å². The summed E-state index contributed by atoms with van der Waals surface area (Å²) in [6.45, 7) is 9.24. The molecule has 1 aliphatic heterocycles. The van der Waals surface area contributed by atoms with Crippen molar-refractivity contribution in [1.29, 1.82) is 0 Å². The summed E-state index contributed by atoms with van der Waals surface area (Å²) in [5.74, 6) is 0.531. The molecule has 0 aromatic heterocycles. The molecule has 1 aliphatic rings. The Kier molecular flexibility index (Phi) is 11.5. The quantitative estimate of drug-likeness (QED) is 0.381. The standard InChI is InChI=1S/C34H44N4O5S/c1-26(2)36-20-9-21-38(33(40)25-43-30-12-6-5-7-13-30)34-27(3)10-8-11-29(34)24-37(23-22-36)32(39)19-16-28-14-17-31(18-15-28)44(41,42)35-4/h5-8,10-15,17-18,26,35H,9,16,19-25H2,1-4H3. The van der Waals surface area contributed by atoms with Gasteiger partial charge < -0.3 is 14.5 Å². The number of hydrogen-bond acceptors (Lipinski definition) is 6. The summed E-state index contributed by atoms with van der Waals surface area (Å²) >= 11 is 0. The summed E-state index contributed by atoms with van der Waals surface area (Å²) in [5.41, 5.74) is 3.62. The molecule has 1 N–H and O–H groups in total. The highest BCUT2D eigenvalue weighted by molar-refractivity contribution is 7.89. The molecule has 2 amide bonds. The zero-order chi connectivity index (χ0) is 31.7. The highest BCUT2D eigenvalue weighted by atomic mass is 32.2. The van der Waals surface area contributed by atoms with Crippen molar-refractivity contribution in [1.82, 2.24) is 14.5 Å². The van der Waals surface area contributed by atoms with Crippen LogP contribution in [0.4, 0.5) is 5.69 Å². The number of ether oxygens (including phenoxy) is 1. The first-order valence-electron chi connectivity index (χ1n) is 15.2. The third-order valence-electron chi connectivity index (χ3n) is 8.06. The SMILES string of the molecule is CNS(=O)(=O)c1ccc(CCC(=O)N2CCN(C(C)C)CCCN(C(=O)COc3ccccc3)c3c(C)cccc3C2)cc1. The highest BCUT2D eigenvalue weighted by Crippen LogP contribution is 2.28. The molecule has 0 spiro atoms. The molecule has 0 unspecified atom stereocenters. The summed E-state index contributed by atoms with van der Waals surface area (Å²) in [7, 11) is -2.14. The summed E-state index contributed by atoms with van der Waals surface area (Å²) in [5, 5.41) is 0. The average molecular weight is 621 g/mol. The predicted molar refractivity (Wildman–Crippen MR) is 173 cm³/mol. The summed E-state index contributed by atoms with van der Waals surface area (Å²) in [6, 6.07) is 22.2. The van der Waals surface area contributed by atoms with Crippen molar-refractivity contribution < 1.29 is 22.7 Å². The third-order valence-corrected chi connectivity index (χ3v) is 9.49. The Bertz CT molecular complexity index is 1510. The molecule has 0 bridgehead atoms. The molecule has 0 saturated heterocycles. The molecular formula is C34H44N4O5S. The maximum atomic E-state index is 13.7. The molecule has 3 aromatic rings. The van der Waals surface area contributed by atoms with E-state index in [1.807, 2.05) is 65.3 Å². The van der Waals surface area contributed by atoms with E-state index in [1.165, 1.54) is 7.05 Å². The second kappa shape index (κ2) is 15.3. The van der Waals surface area contributed by atoms with Gasteiger partial charge in [-0.25, -0.2) is 13.1 Å². The number of para-hydroxylation sites is 2. The fourth-order valence-electron chi connectivity index (χ4n) is 5.50. The van der Waals surface area contributed by atoms with Crippen molar-refractivity contribution in [2.75, 3.05) is 44.7 Å². The van der Waals surface area contributed by atoms with E-state index in [9.17, 15) is 18.0 Å². The van der Waals surface area contributed by atoms with Crippen LogP contribution >= 0.6 is 0 Å². The Hall–Kier alpha value is -3.73. The lowest BCUT2D eigenvalue weighted by molar-refractivity contribution is -0.132. The van der Waals surface area contributed by atoms with E-state index >= 15 is 0 Å². The van der Waals surface area contributed by atoms with Crippen LogP contribution in [0, 0.1) is 6.92 Å². The van der Waals surface area contributed by atoms with Gasteiger partial charge in [-0.05, 0) is 81.6 Å². The smallest absolute Gasteiger partial charge is 0.264 e. The molecule has 0 fully saturated rings. The topological polar surface area (TPSA) is 99.3 Å². The Morgan fingerprint density at radius 1 is 0.886 bits per heavy atom. The van der Waals surface area contributed by atoms with E-state index in [0.717, 1.165) is 41.9 Å². The number of benzene rings is 3. The van der Waals surface area contributed by atoms with Crippen LogP contribution in [-0.4, -0.2) is 75.9 Å².